The molecule has 1 aromatic heterocycles. The van der Waals surface area contributed by atoms with E-state index in [1.165, 1.54) is 20.5 Å². The molecule has 2 aromatic rings. The van der Waals surface area contributed by atoms with E-state index in [-0.39, 0.29) is 0 Å². The molecule has 74 valence electrons. The lowest BCUT2D eigenvalue weighted by Crippen LogP contribution is -1.82. The molecule has 0 saturated heterocycles. The molecule has 0 aliphatic carbocycles. The highest BCUT2D eigenvalue weighted by molar-refractivity contribution is 7.99. The maximum atomic E-state index is 5.98. The zero-order chi connectivity index (χ0) is 10.1. The Hall–Kier alpha value is 0.110. The number of alkyl halides is 1. The van der Waals surface area contributed by atoms with Gasteiger partial charge in [0.05, 0.1) is 4.34 Å². The van der Waals surface area contributed by atoms with Crippen LogP contribution in [0.1, 0.15) is 5.56 Å². The Morgan fingerprint density at radius 1 is 1.43 bits per heavy atom. The Labute approximate surface area is 101 Å². The number of hydrogen-bond donors (Lipinski definition) is 0. The van der Waals surface area contributed by atoms with Crippen molar-refractivity contribution in [1.82, 2.24) is 0 Å². The molecule has 0 fully saturated rings. The van der Waals surface area contributed by atoms with Gasteiger partial charge in [-0.05, 0) is 23.3 Å². The molecule has 0 amide bonds. The first-order valence-corrected chi connectivity index (χ1v) is 7.02. The second kappa shape index (κ2) is 4.31. The van der Waals surface area contributed by atoms with E-state index in [0.29, 0.717) is 5.88 Å². The average molecular weight is 263 g/mol. The van der Waals surface area contributed by atoms with Crippen LogP contribution in [0, 0.1) is 0 Å². The van der Waals surface area contributed by atoms with Gasteiger partial charge in [0.25, 0.3) is 0 Å². The highest BCUT2D eigenvalue weighted by atomic mass is 35.5. The number of benzene rings is 1. The van der Waals surface area contributed by atoms with Crippen LogP contribution in [0.3, 0.4) is 0 Å². The molecule has 4 heteroatoms. The summed E-state index contributed by atoms with van der Waals surface area (Å²) in [6.07, 6.45) is 2.07. The first-order chi connectivity index (χ1) is 6.76. The predicted molar refractivity (Wildman–Crippen MR) is 68.2 cm³/mol. The molecule has 0 spiro atoms. The van der Waals surface area contributed by atoms with Crippen LogP contribution >= 0.6 is 46.3 Å². The minimum atomic E-state index is 0.557. The first kappa shape index (κ1) is 10.6. The second-order valence-corrected chi connectivity index (χ2v) is 5.63. The summed E-state index contributed by atoms with van der Waals surface area (Å²) >= 11 is 15.2. The summed E-state index contributed by atoms with van der Waals surface area (Å²) in [5.41, 5.74) is 1.19. The van der Waals surface area contributed by atoms with E-state index in [4.69, 9.17) is 23.2 Å². The van der Waals surface area contributed by atoms with Gasteiger partial charge in [0.2, 0.25) is 0 Å². The standard InChI is InChI=1S/C10H8Cl2S2/c1-13-9-7(5-11)3-2-6-4-8(12)14-10(6)9/h2-4H,5H2,1H3. The van der Waals surface area contributed by atoms with Crippen LogP contribution in [0.15, 0.2) is 23.1 Å². The van der Waals surface area contributed by atoms with E-state index >= 15 is 0 Å². The third-order valence-electron chi connectivity index (χ3n) is 2.04. The number of hydrogen-bond acceptors (Lipinski definition) is 2. The Bertz CT molecular complexity index is 462. The van der Waals surface area contributed by atoms with Crippen molar-refractivity contribution in [2.24, 2.45) is 0 Å². The smallest absolute Gasteiger partial charge is 0.0941 e. The lowest BCUT2D eigenvalue weighted by atomic mass is 10.2. The van der Waals surface area contributed by atoms with E-state index in [1.54, 1.807) is 23.1 Å². The van der Waals surface area contributed by atoms with Crippen LogP contribution in [0.25, 0.3) is 10.1 Å². The molecule has 0 radical (unpaired) electrons. The third-order valence-corrected chi connectivity index (χ3v) is 4.63. The van der Waals surface area contributed by atoms with Crippen molar-refractivity contribution in [3.05, 3.63) is 28.1 Å². The molecule has 0 unspecified atom stereocenters. The van der Waals surface area contributed by atoms with Crippen LogP contribution in [-0.2, 0) is 5.88 Å². The van der Waals surface area contributed by atoms with Crippen LogP contribution < -0.4 is 0 Å². The minimum Gasteiger partial charge on any atom is -0.128 e. The molecule has 1 heterocycles. The summed E-state index contributed by atoms with van der Waals surface area (Å²) in [6.45, 7) is 0. The summed E-state index contributed by atoms with van der Waals surface area (Å²) in [5, 5.41) is 1.21. The molecule has 0 aliphatic rings. The van der Waals surface area contributed by atoms with Crippen LogP contribution in [-0.4, -0.2) is 6.26 Å². The van der Waals surface area contributed by atoms with Crippen LogP contribution in [0.5, 0.6) is 0 Å². The topological polar surface area (TPSA) is 0 Å². The number of thiophene rings is 1. The van der Waals surface area contributed by atoms with Gasteiger partial charge in [-0.25, -0.2) is 0 Å². The predicted octanol–water partition coefficient (Wildman–Crippen LogP) is 5.02. The fourth-order valence-corrected chi connectivity index (χ4v) is 4.00. The summed E-state index contributed by atoms with van der Waals surface area (Å²) in [5.74, 6) is 0.557. The number of halogens is 2. The van der Waals surface area contributed by atoms with Crippen LogP contribution in [0.2, 0.25) is 4.34 Å². The fourth-order valence-electron chi connectivity index (χ4n) is 1.42. The molecular formula is C10H8Cl2S2. The Morgan fingerprint density at radius 2 is 2.21 bits per heavy atom. The van der Waals surface area contributed by atoms with E-state index < -0.39 is 0 Å². The lowest BCUT2D eigenvalue weighted by molar-refractivity contribution is 1.31. The monoisotopic (exact) mass is 262 g/mol. The summed E-state index contributed by atoms with van der Waals surface area (Å²) < 4.78 is 2.09. The zero-order valence-electron chi connectivity index (χ0n) is 7.51. The highest BCUT2D eigenvalue weighted by Gasteiger charge is 2.08. The summed E-state index contributed by atoms with van der Waals surface area (Å²) in [7, 11) is 0. The van der Waals surface area contributed by atoms with E-state index in [9.17, 15) is 0 Å². The van der Waals surface area contributed by atoms with Crippen LogP contribution in [0.4, 0.5) is 0 Å². The van der Waals surface area contributed by atoms with Gasteiger partial charge in [0, 0.05) is 15.5 Å². The van der Waals surface area contributed by atoms with Gasteiger partial charge in [-0.1, -0.05) is 23.7 Å². The van der Waals surface area contributed by atoms with Gasteiger partial charge in [-0.3, -0.25) is 0 Å². The Kier molecular flexibility index (Phi) is 3.27. The molecular weight excluding hydrogens is 255 g/mol. The molecule has 0 aliphatic heterocycles. The van der Waals surface area contributed by atoms with Crippen molar-refractivity contribution in [3.63, 3.8) is 0 Å². The Balaban J connectivity index is 2.75. The van der Waals surface area contributed by atoms with E-state index in [1.807, 2.05) is 6.07 Å². The van der Waals surface area contributed by atoms with Gasteiger partial charge < -0.3 is 0 Å². The summed E-state index contributed by atoms with van der Waals surface area (Å²) in [4.78, 5) is 1.26. The van der Waals surface area contributed by atoms with Gasteiger partial charge >= 0.3 is 0 Å². The van der Waals surface area contributed by atoms with Crippen molar-refractivity contribution in [2.45, 2.75) is 10.8 Å². The quantitative estimate of drug-likeness (QED) is 0.541. The molecule has 0 bridgehead atoms. The fraction of sp³-hybridized carbons (Fsp3) is 0.200. The average Bonchev–Trinajstić information content (AvgIpc) is 2.56. The van der Waals surface area contributed by atoms with Crippen molar-refractivity contribution >= 4 is 56.4 Å². The SMILES string of the molecule is CSc1c(CCl)ccc2cc(Cl)sc12. The van der Waals surface area contributed by atoms with E-state index in [0.717, 1.165) is 4.34 Å². The van der Waals surface area contributed by atoms with Gasteiger partial charge in [-0.15, -0.1) is 34.7 Å². The van der Waals surface area contributed by atoms with Gasteiger partial charge in [-0.2, -0.15) is 0 Å². The van der Waals surface area contributed by atoms with Gasteiger partial charge in [0.1, 0.15) is 0 Å². The molecule has 1 aromatic carbocycles. The highest BCUT2D eigenvalue weighted by Crippen LogP contribution is 2.38. The van der Waals surface area contributed by atoms with Crippen molar-refractivity contribution in [3.8, 4) is 0 Å². The van der Waals surface area contributed by atoms with Crippen molar-refractivity contribution in [2.75, 3.05) is 6.26 Å². The number of thioether (sulfide) groups is 1. The van der Waals surface area contributed by atoms with Gasteiger partial charge in [0.15, 0.2) is 0 Å². The third kappa shape index (κ3) is 1.76. The molecule has 0 saturated carbocycles. The molecule has 14 heavy (non-hydrogen) atoms. The molecule has 0 N–H and O–H groups in total. The summed E-state index contributed by atoms with van der Waals surface area (Å²) in [6, 6.07) is 6.15. The number of rotatable bonds is 2. The Morgan fingerprint density at radius 3 is 2.86 bits per heavy atom. The molecule has 0 nitrogen and oxygen atoms in total. The lowest BCUT2D eigenvalue weighted by Gasteiger charge is -2.04. The normalized spacial score (nSPS) is 11.1. The number of fused-ring (bicyclic) bond motifs is 1. The zero-order valence-corrected chi connectivity index (χ0v) is 10.7. The maximum Gasteiger partial charge on any atom is 0.0941 e. The van der Waals surface area contributed by atoms with Crippen molar-refractivity contribution in [1.29, 1.82) is 0 Å². The maximum absolute atomic E-state index is 5.98. The minimum absolute atomic E-state index is 0.557. The molecule has 0 atom stereocenters. The molecule has 2 rings (SSSR count). The first-order valence-electron chi connectivity index (χ1n) is 4.07. The van der Waals surface area contributed by atoms with Crippen molar-refractivity contribution < 1.29 is 0 Å². The van der Waals surface area contributed by atoms with E-state index in [2.05, 4.69) is 18.4 Å². The largest absolute Gasteiger partial charge is 0.128 e. The second-order valence-electron chi connectivity index (χ2n) is 2.86.